The molecule has 1 unspecified atom stereocenters. The van der Waals surface area contributed by atoms with Crippen LogP contribution < -0.4 is 10.5 Å². The highest BCUT2D eigenvalue weighted by molar-refractivity contribution is 7.89. The molecule has 5 nitrogen and oxygen atoms in total. The van der Waals surface area contributed by atoms with Crippen LogP contribution in [0, 0.1) is 11.3 Å². The second kappa shape index (κ2) is 3.63. The molecular formula is C7H15N3O2S. The molecule has 6 heteroatoms. The largest absolute Gasteiger partial charge is 0.386 e. The van der Waals surface area contributed by atoms with E-state index in [9.17, 15) is 8.42 Å². The Labute approximate surface area is 78.3 Å². The number of amidine groups is 1. The summed E-state index contributed by atoms with van der Waals surface area (Å²) in [6.07, 6.45) is 1.91. The van der Waals surface area contributed by atoms with E-state index >= 15 is 0 Å². The van der Waals surface area contributed by atoms with Gasteiger partial charge < -0.3 is 5.73 Å². The molecule has 1 saturated carbocycles. The van der Waals surface area contributed by atoms with Gasteiger partial charge in [0.25, 0.3) is 0 Å². The maximum absolute atomic E-state index is 11.2. The zero-order valence-electron chi connectivity index (χ0n) is 7.58. The maximum atomic E-state index is 11.2. The Morgan fingerprint density at radius 1 is 1.69 bits per heavy atom. The summed E-state index contributed by atoms with van der Waals surface area (Å²) in [5, 5.41) is 7.23. The molecule has 0 amide bonds. The average molecular weight is 205 g/mol. The van der Waals surface area contributed by atoms with Gasteiger partial charge in [-0.3, -0.25) is 5.41 Å². The van der Waals surface area contributed by atoms with Crippen molar-refractivity contribution >= 4 is 15.9 Å². The van der Waals surface area contributed by atoms with E-state index in [1.54, 1.807) is 6.92 Å². The SMILES string of the molecule is CCS(=O)(=O)NC(C(=N)N)C1CC1. The van der Waals surface area contributed by atoms with Crippen molar-refractivity contribution in [1.29, 1.82) is 5.41 Å². The van der Waals surface area contributed by atoms with Crippen LogP contribution in [0.3, 0.4) is 0 Å². The summed E-state index contributed by atoms with van der Waals surface area (Å²) in [6.45, 7) is 1.56. The van der Waals surface area contributed by atoms with Crippen LogP contribution >= 0.6 is 0 Å². The smallest absolute Gasteiger partial charge is 0.211 e. The molecule has 0 aromatic heterocycles. The van der Waals surface area contributed by atoms with Crippen LogP contribution in [0.2, 0.25) is 0 Å². The predicted octanol–water partition coefficient (Wildman–Crippen LogP) is -0.360. The zero-order chi connectivity index (χ0) is 10.1. The summed E-state index contributed by atoms with van der Waals surface area (Å²) < 4.78 is 24.8. The van der Waals surface area contributed by atoms with Crippen molar-refractivity contribution in [2.24, 2.45) is 11.7 Å². The fourth-order valence-electron chi connectivity index (χ4n) is 1.12. The molecule has 0 aromatic carbocycles. The van der Waals surface area contributed by atoms with Crippen molar-refractivity contribution < 1.29 is 8.42 Å². The predicted molar refractivity (Wildman–Crippen MR) is 51.0 cm³/mol. The number of nitrogens with one attached hydrogen (secondary N) is 2. The highest BCUT2D eigenvalue weighted by atomic mass is 32.2. The fraction of sp³-hybridized carbons (Fsp3) is 0.857. The topological polar surface area (TPSA) is 96.0 Å². The normalized spacial score (nSPS) is 19.8. The van der Waals surface area contributed by atoms with E-state index in [4.69, 9.17) is 11.1 Å². The van der Waals surface area contributed by atoms with Gasteiger partial charge in [-0.1, -0.05) is 0 Å². The van der Waals surface area contributed by atoms with E-state index in [-0.39, 0.29) is 17.5 Å². The van der Waals surface area contributed by atoms with Gasteiger partial charge in [-0.2, -0.15) is 0 Å². The lowest BCUT2D eigenvalue weighted by Crippen LogP contribution is -2.46. The van der Waals surface area contributed by atoms with Gasteiger partial charge in [-0.05, 0) is 25.7 Å². The summed E-state index contributed by atoms with van der Waals surface area (Å²) in [7, 11) is -3.24. The Morgan fingerprint density at radius 3 is 2.54 bits per heavy atom. The Morgan fingerprint density at radius 2 is 2.23 bits per heavy atom. The van der Waals surface area contributed by atoms with Gasteiger partial charge >= 0.3 is 0 Å². The molecular weight excluding hydrogens is 190 g/mol. The third-order valence-electron chi connectivity index (χ3n) is 2.12. The number of sulfonamides is 1. The summed E-state index contributed by atoms with van der Waals surface area (Å²) in [6, 6.07) is -0.482. The first-order valence-corrected chi connectivity index (χ1v) is 5.95. The minimum atomic E-state index is -3.24. The molecule has 1 aliphatic rings. The van der Waals surface area contributed by atoms with Gasteiger partial charge in [0.2, 0.25) is 10.0 Å². The van der Waals surface area contributed by atoms with Crippen LogP contribution in [0.5, 0.6) is 0 Å². The standard InChI is InChI=1S/C7H15N3O2S/c1-2-13(11,12)10-6(7(8)9)5-3-4-5/h5-6,10H,2-4H2,1H3,(H3,8,9). The molecule has 0 bridgehead atoms. The molecule has 0 saturated heterocycles. The second-order valence-corrected chi connectivity index (χ2v) is 5.33. The van der Waals surface area contributed by atoms with Crippen LogP contribution in [0.1, 0.15) is 19.8 Å². The summed E-state index contributed by atoms with van der Waals surface area (Å²) in [4.78, 5) is 0. The fourth-order valence-corrected chi connectivity index (χ4v) is 1.99. The van der Waals surface area contributed by atoms with Gasteiger partial charge in [0, 0.05) is 0 Å². The molecule has 1 atom stereocenters. The number of nitrogens with two attached hydrogens (primary N) is 1. The lowest BCUT2D eigenvalue weighted by atomic mass is 10.2. The Hall–Kier alpha value is -0.620. The van der Waals surface area contributed by atoms with Crippen LogP contribution in [0.4, 0.5) is 0 Å². The first kappa shape index (κ1) is 10.5. The van der Waals surface area contributed by atoms with Crippen molar-refractivity contribution in [2.75, 3.05) is 5.75 Å². The second-order valence-electron chi connectivity index (χ2n) is 3.29. The first-order chi connectivity index (χ1) is 5.96. The molecule has 0 radical (unpaired) electrons. The van der Waals surface area contributed by atoms with Gasteiger partial charge in [0.15, 0.2) is 0 Å². The van der Waals surface area contributed by atoms with Gasteiger partial charge in [-0.25, -0.2) is 13.1 Å². The summed E-state index contributed by atoms with van der Waals surface area (Å²) >= 11 is 0. The maximum Gasteiger partial charge on any atom is 0.211 e. The molecule has 13 heavy (non-hydrogen) atoms. The Bertz CT molecular complexity index is 295. The van der Waals surface area contributed by atoms with Crippen molar-refractivity contribution in [3.05, 3.63) is 0 Å². The molecule has 76 valence electrons. The van der Waals surface area contributed by atoms with E-state index in [2.05, 4.69) is 4.72 Å². The molecule has 0 heterocycles. The van der Waals surface area contributed by atoms with E-state index < -0.39 is 16.1 Å². The van der Waals surface area contributed by atoms with Gasteiger partial charge in [-0.15, -0.1) is 0 Å². The van der Waals surface area contributed by atoms with Crippen LogP contribution in [0.25, 0.3) is 0 Å². The molecule has 1 fully saturated rings. The Kier molecular flexibility index (Phi) is 2.92. The first-order valence-electron chi connectivity index (χ1n) is 4.30. The van der Waals surface area contributed by atoms with E-state index in [1.165, 1.54) is 0 Å². The number of hydrogen-bond acceptors (Lipinski definition) is 3. The number of hydrogen-bond donors (Lipinski definition) is 3. The summed E-state index contributed by atoms with van der Waals surface area (Å²) in [5.41, 5.74) is 5.30. The minimum absolute atomic E-state index is 0.0312. The highest BCUT2D eigenvalue weighted by Crippen LogP contribution is 2.32. The van der Waals surface area contributed by atoms with Crippen molar-refractivity contribution in [3.8, 4) is 0 Å². The van der Waals surface area contributed by atoms with Gasteiger partial charge in [0.1, 0.15) is 5.84 Å². The molecule has 0 aliphatic heterocycles. The minimum Gasteiger partial charge on any atom is -0.386 e. The quantitative estimate of drug-likeness (QED) is 0.422. The third-order valence-corrected chi connectivity index (χ3v) is 3.49. The molecule has 4 N–H and O–H groups in total. The molecule has 1 aliphatic carbocycles. The van der Waals surface area contributed by atoms with Gasteiger partial charge in [0.05, 0.1) is 11.8 Å². The van der Waals surface area contributed by atoms with Crippen molar-refractivity contribution in [2.45, 2.75) is 25.8 Å². The number of rotatable bonds is 5. The average Bonchev–Trinajstić information content (AvgIpc) is 2.82. The van der Waals surface area contributed by atoms with Crippen LogP contribution in [0.15, 0.2) is 0 Å². The molecule has 1 rings (SSSR count). The van der Waals surface area contributed by atoms with Crippen LogP contribution in [-0.4, -0.2) is 26.0 Å². The molecule has 0 spiro atoms. The van der Waals surface area contributed by atoms with E-state index in [1.807, 2.05) is 0 Å². The lowest BCUT2D eigenvalue weighted by molar-refractivity contribution is 0.564. The van der Waals surface area contributed by atoms with Crippen LogP contribution in [-0.2, 0) is 10.0 Å². The summed E-state index contributed by atoms with van der Waals surface area (Å²) in [5.74, 6) is 0.183. The molecule has 0 aromatic rings. The lowest BCUT2D eigenvalue weighted by Gasteiger charge is -2.15. The Balaban J connectivity index is 2.62. The van der Waals surface area contributed by atoms with Crippen molar-refractivity contribution in [1.82, 2.24) is 4.72 Å². The van der Waals surface area contributed by atoms with E-state index in [0.29, 0.717) is 0 Å². The van der Waals surface area contributed by atoms with E-state index in [0.717, 1.165) is 12.8 Å². The highest BCUT2D eigenvalue weighted by Gasteiger charge is 2.35. The third kappa shape index (κ3) is 2.96. The monoisotopic (exact) mass is 205 g/mol. The van der Waals surface area contributed by atoms with Crippen molar-refractivity contribution in [3.63, 3.8) is 0 Å². The zero-order valence-corrected chi connectivity index (χ0v) is 8.39.